The van der Waals surface area contributed by atoms with E-state index in [1.807, 2.05) is 6.92 Å². The van der Waals surface area contributed by atoms with Crippen molar-refractivity contribution in [2.75, 3.05) is 6.54 Å². The van der Waals surface area contributed by atoms with E-state index in [0.717, 1.165) is 31.4 Å². The number of primary sulfonamides is 1. The number of benzene rings is 1. The van der Waals surface area contributed by atoms with Gasteiger partial charge in [0.25, 0.3) is 5.91 Å². The van der Waals surface area contributed by atoms with Gasteiger partial charge in [0, 0.05) is 18.2 Å². The van der Waals surface area contributed by atoms with Crippen molar-refractivity contribution < 1.29 is 17.6 Å². The zero-order valence-electron chi connectivity index (χ0n) is 11.5. The fourth-order valence-electron chi connectivity index (χ4n) is 2.46. The zero-order chi connectivity index (χ0) is 15.8. The van der Waals surface area contributed by atoms with Crippen LogP contribution in [-0.2, 0) is 10.0 Å². The molecule has 1 heterocycles. The van der Waals surface area contributed by atoms with Gasteiger partial charge in [-0.15, -0.1) is 0 Å². The first kappa shape index (κ1) is 16.4. The molecule has 5 nitrogen and oxygen atoms in total. The minimum Gasteiger partial charge on any atom is -0.336 e. The van der Waals surface area contributed by atoms with Crippen molar-refractivity contribution in [3.8, 4) is 0 Å². The standard InChI is InChI=1S/C13H16BrFN2O3S/c1-8-4-2-3-5-17(8)13(18)9-6-10(15)12(14)11(7-9)21(16,19)20/h6-8H,2-5H2,1H3,(H2,16,19,20). The van der Waals surface area contributed by atoms with Crippen LogP contribution in [0.15, 0.2) is 21.5 Å². The molecule has 1 fully saturated rings. The average Bonchev–Trinajstić information content (AvgIpc) is 2.40. The van der Waals surface area contributed by atoms with Gasteiger partial charge in [-0.3, -0.25) is 4.79 Å². The number of amides is 1. The lowest BCUT2D eigenvalue weighted by molar-refractivity contribution is 0.0635. The van der Waals surface area contributed by atoms with Crippen molar-refractivity contribution in [2.45, 2.75) is 37.1 Å². The number of hydrogen-bond donors (Lipinski definition) is 1. The first-order valence-electron chi connectivity index (χ1n) is 6.54. The summed E-state index contributed by atoms with van der Waals surface area (Å²) in [4.78, 5) is 13.7. The Bertz CT molecular complexity index is 678. The van der Waals surface area contributed by atoms with Crippen molar-refractivity contribution in [1.82, 2.24) is 4.90 Å². The van der Waals surface area contributed by atoms with E-state index >= 15 is 0 Å². The number of halogens is 2. The summed E-state index contributed by atoms with van der Waals surface area (Å²) in [5.41, 5.74) is -0.00604. The molecule has 1 aliphatic heterocycles. The van der Waals surface area contributed by atoms with E-state index in [1.54, 1.807) is 4.90 Å². The van der Waals surface area contributed by atoms with Crippen molar-refractivity contribution in [3.63, 3.8) is 0 Å². The van der Waals surface area contributed by atoms with Gasteiger partial charge >= 0.3 is 0 Å². The number of carbonyl (C=O) groups excluding carboxylic acids is 1. The van der Waals surface area contributed by atoms with Gasteiger partial charge in [-0.25, -0.2) is 17.9 Å². The fraction of sp³-hybridized carbons (Fsp3) is 0.462. The molecule has 0 radical (unpaired) electrons. The predicted molar refractivity (Wildman–Crippen MR) is 79.8 cm³/mol. The molecule has 0 aromatic heterocycles. The molecule has 0 saturated carbocycles. The highest BCUT2D eigenvalue weighted by atomic mass is 79.9. The molecule has 0 aliphatic carbocycles. The van der Waals surface area contributed by atoms with Crippen LogP contribution in [-0.4, -0.2) is 31.8 Å². The Labute approximate surface area is 131 Å². The van der Waals surface area contributed by atoms with Gasteiger partial charge < -0.3 is 4.90 Å². The average molecular weight is 379 g/mol. The maximum atomic E-state index is 13.9. The number of piperidine rings is 1. The molecule has 1 aliphatic rings. The van der Waals surface area contributed by atoms with Crippen LogP contribution in [0.3, 0.4) is 0 Å². The molecular weight excluding hydrogens is 363 g/mol. The fourth-order valence-corrected chi connectivity index (χ4v) is 4.00. The minimum atomic E-state index is -4.11. The highest BCUT2D eigenvalue weighted by Gasteiger charge is 2.27. The molecule has 21 heavy (non-hydrogen) atoms. The third-order valence-electron chi connectivity index (χ3n) is 3.61. The summed E-state index contributed by atoms with van der Waals surface area (Å²) < 4.78 is 36.6. The maximum Gasteiger partial charge on any atom is 0.254 e. The Kier molecular flexibility index (Phi) is 4.69. The molecule has 1 atom stereocenters. The lowest BCUT2D eigenvalue weighted by Gasteiger charge is -2.33. The minimum absolute atomic E-state index is 0.00604. The molecule has 1 amide bonds. The molecule has 0 bridgehead atoms. The first-order chi connectivity index (χ1) is 9.71. The maximum absolute atomic E-state index is 13.9. The lowest BCUT2D eigenvalue weighted by Crippen LogP contribution is -2.42. The van der Waals surface area contributed by atoms with E-state index in [-0.39, 0.29) is 22.0 Å². The Morgan fingerprint density at radius 3 is 2.67 bits per heavy atom. The summed E-state index contributed by atoms with van der Waals surface area (Å²) >= 11 is 2.85. The van der Waals surface area contributed by atoms with Crippen LogP contribution < -0.4 is 5.14 Å². The number of hydrogen-bond acceptors (Lipinski definition) is 3. The summed E-state index contributed by atoms with van der Waals surface area (Å²) in [6, 6.07) is 2.20. The summed E-state index contributed by atoms with van der Waals surface area (Å²) in [5.74, 6) is -1.20. The van der Waals surface area contributed by atoms with Crippen LogP contribution in [0.25, 0.3) is 0 Å². The van der Waals surface area contributed by atoms with Gasteiger partial charge in [-0.2, -0.15) is 0 Å². The third-order valence-corrected chi connectivity index (χ3v) is 5.62. The van der Waals surface area contributed by atoms with Crippen molar-refractivity contribution >= 4 is 31.9 Å². The summed E-state index contributed by atoms with van der Waals surface area (Å²) in [5, 5.41) is 5.05. The summed E-state index contributed by atoms with van der Waals surface area (Å²) in [6.07, 6.45) is 2.81. The van der Waals surface area contributed by atoms with Crippen molar-refractivity contribution in [1.29, 1.82) is 0 Å². The predicted octanol–water partition coefficient (Wildman–Crippen LogP) is 2.25. The molecule has 1 aromatic rings. The zero-order valence-corrected chi connectivity index (χ0v) is 13.9. The Balaban J connectivity index is 2.45. The van der Waals surface area contributed by atoms with Crippen LogP contribution in [0.5, 0.6) is 0 Å². The summed E-state index contributed by atoms with van der Waals surface area (Å²) in [7, 11) is -4.11. The smallest absolute Gasteiger partial charge is 0.254 e. The molecule has 2 rings (SSSR count). The van der Waals surface area contributed by atoms with E-state index in [9.17, 15) is 17.6 Å². The number of likely N-dealkylation sites (tertiary alicyclic amines) is 1. The van der Waals surface area contributed by atoms with Gasteiger partial charge in [0.15, 0.2) is 0 Å². The molecule has 8 heteroatoms. The van der Waals surface area contributed by atoms with E-state index in [1.165, 1.54) is 0 Å². The highest BCUT2D eigenvalue weighted by molar-refractivity contribution is 9.10. The highest BCUT2D eigenvalue weighted by Crippen LogP contribution is 2.27. The topological polar surface area (TPSA) is 80.5 Å². The Morgan fingerprint density at radius 1 is 1.43 bits per heavy atom. The monoisotopic (exact) mass is 378 g/mol. The van der Waals surface area contributed by atoms with Crippen molar-refractivity contribution in [3.05, 3.63) is 28.0 Å². The van der Waals surface area contributed by atoms with Gasteiger partial charge in [0.05, 0.1) is 9.37 Å². The largest absolute Gasteiger partial charge is 0.336 e. The number of rotatable bonds is 2. The molecule has 1 aromatic carbocycles. The Hall–Kier alpha value is -0.990. The number of nitrogens with two attached hydrogens (primary N) is 1. The second kappa shape index (κ2) is 6.02. The molecule has 0 spiro atoms. The van der Waals surface area contributed by atoms with Crippen molar-refractivity contribution in [2.24, 2.45) is 5.14 Å². The molecule has 116 valence electrons. The second-order valence-corrected chi connectivity index (χ2v) is 7.48. The molecule has 1 unspecified atom stereocenters. The van der Waals surface area contributed by atoms with Gasteiger partial charge in [0.1, 0.15) is 5.82 Å². The normalized spacial score (nSPS) is 19.6. The quantitative estimate of drug-likeness (QED) is 0.856. The van der Waals surface area contributed by atoms with Crippen LogP contribution in [0, 0.1) is 5.82 Å². The Morgan fingerprint density at radius 2 is 2.10 bits per heavy atom. The van der Waals surface area contributed by atoms with E-state index < -0.39 is 20.7 Å². The molecule has 1 saturated heterocycles. The number of carbonyl (C=O) groups is 1. The molecular formula is C13H16BrFN2O3S. The van der Waals surface area contributed by atoms with Crippen LogP contribution in [0.2, 0.25) is 0 Å². The molecule has 2 N–H and O–H groups in total. The first-order valence-corrected chi connectivity index (χ1v) is 8.88. The second-order valence-electron chi connectivity index (χ2n) is 5.16. The SMILES string of the molecule is CC1CCCCN1C(=O)c1cc(F)c(Br)c(S(N)(=O)=O)c1. The van der Waals surface area contributed by atoms with E-state index in [2.05, 4.69) is 15.9 Å². The van der Waals surface area contributed by atoms with Gasteiger partial charge in [-0.05, 0) is 54.2 Å². The number of nitrogens with zero attached hydrogens (tertiary/aromatic N) is 1. The van der Waals surface area contributed by atoms with Crippen LogP contribution >= 0.6 is 15.9 Å². The summed E-state index contributed by atoms with van der Waals surface area (Å²) in [6.45, 7) is 2.51. The van der Waals surface area contributed by atoms with Crippen LogP contribution in [0.1, 0.15) is 36.5 Å². The van der Waals surface area contributed by atoms with E-state index in [4.69, 9.17) is 5.14 Å². The van der Waals surface area contributed by atoms with E-state index in [0.29, 0.717) is 6.54 Å². The van der Waals surface area contributed by atoms with Crippen LogP contribution in [0.4, 0.5) is 4.39 Å². The van der Waals surface area contributed by atoms with Gasteiger partial charge in [-0.1, -0.05) is 0 Å². The number of sulfonamides is 1. The lowest BCUT2D eigenvalue weighted by atomic mass is 10.0. The van der Waals surface area contributed by atoms with Gasteiger partial charge in [0.2, 0.25) is 10.0 Å². The third kappa shape index (κ3) is 3.44.